The van der Waals surface area contributed by atoms with Crippen molar-refractivity contribution in [2.45, 2.75) is 91.7 Å². The van der Waals surface area contributed by atoms with Gasteiger partial charge >= 0.3 is 51.6 Å². The van der Waals surface area contributed by atoms with Gasteiger partial charge in [0.15, 0.2) is 8.32 Å². The molecule has 0 atom stereocenters. The number of rotatable bonds is 12. The summed E-state index contributed by atoms with van der Waals surface area (Å²) in [5, 5.41) is 0. The minimum Gasteiger partial charge on any atom is -0.437 e. The summed E-state index contributed by atoms with van der Waals surface area (Å²) in [6.45, 7) is 27.4. The average Bonchev–Trinajstić information content (AvgIpc) is 2.10. The summed E-state index contributed by atoms with van der Waals surface area (Å²) in [7, 11) is -18.2. The van der Waals surface area contributed by atoms with Crippen LogP contribution in [-0.4, -0.2) is 69.5 Å². The summed E-state index contributed by atoms with van der Waals surface area (Å²) in [5.41, 5.74) is 0. The molecule has 15 heteroatoms. The maximum Gasteiger partial charge on any atom is 0.483 e. The molecule has 0 aliphatic heterocycles. The third-order valence-electron chi connectivity index (χ3n) is 2.96. The summed E-state index contributed by atoms with van der Waals surface area (Å²) < 4.78 is 37.3. The van der Waals surface area contributed by atoms with Gasteiger partial charge in [0.1, 0.15) is 0 Å². The van der Waals surface area contributed by atoms with Crippen molar-refractivity contribution >= 4 is 59.9 Å². The molecule has 2 N–H and O–H groups in total. The lowest BCUT2D eigenvalue weighted by atomic mass is 11.8. The molecule has 176 valence electrons. The monoisotopic (exact) mass is 536 g/mol. The molecule has 0 amide bonds. The first-order valence-electron chi connectivity index (χ1n) is 9.90. The van der Waals surface area contributed by atoms with Crippen molar-refractivity contribution in [3.63, 3.8) is 0 Å². The molecule has 0 aromatic heterocycles. The smallest absolute Gasteiger partial charge is 0.437 e. The van der Waals surface area contributed by atoms with E-state index < -0.39 is 59.9 Å². The van der Waals surface area contributed by atoms with E-state index in [1.807, 2.05) is 39.3 Å². The Kier molecular flexibility index (Phi) is 9.99. The fourth-order valence-electron chi connectivity index (χ4n) is 3.67. The highest BCUT2D eigenvalue weighted by Crippen LogP contribution is 2.27. The molecule has 0 spiro atoms. The van der Waals surface area contributed by atoms with Crippen LogP contribution in [0.4, 0.5) is 0 Å². The van der Waals surface area contributed by atoms with Crippen molar-refractivity contribution in [2.75, 3.05) is 0 Å². The van der Waals surface area contributed by atoms with Gasteiger partial charge in [-0.3, -0.25) is 0 Å². The van der Waals surface area contributed by atoms with Gasteiger partial charge < -0.3 is 34.3 Å². The maximum atomic E-state index is 9.69. The fraction of sp³-hybridized carbons (Fsp3) is 1.00. The van der Waals surface area contributed by atoms with Crippen LogP contribution in [0, 0.1) is 0 Å². The molecule has 0 aliphatic rings. The highest BCUT2D eigenvalue weighted by Gasteiger charge is 2.48. The average molecular weight is 537 g/mol. The molecule has 0 unspecified atom stereocenters. The van der Waals surface area contributed by atoms with Gasteiger partial charge in [0.2, 0.25) is 0 Å². The van der Waals surface area contributed by atoms with E-state index in [-0.39, 0.29) is 0 Å². The van der Waals surface area contributed by atoms with Gasteiger partial charge in [-0.25, -0.2) is 0 Å². The zero-order valence-corrected chi connectivity index (χ0v) is 27.8. The highest BCUT2D eigenvalue weighted by molar-refractivity contribution is 6.91. The van der Waals surface area contributed by atoms with Crippen molar-refractivity contribution in [2.24, 2.45) is 0 Å². The van der Waals surface area contributed by atoms with Crippen LogP contribution in [0.1, 0.15) is 0 Å². The number of hydrogen-bond acceptors (Lipinski definition) is 8. The molecule has 0 saturated carbocycles. The first kappa shape index (κ1) is 30.2. The molecular formula is C14H44O8Si7. The standard InChI is InChI=1S/C14H44O8Si7/c1-23(2,3)17-24(4,5)18-25(6,7)19-26(8,9)20-27(10,11)21-28(12,13)22-29(14,15)16/h15-16H,1-14H3. The van der Waals surface area contributed by atoms with Gasteiger partial charge in [0.05, 0.1) is 0 Å². The maximum absolute atomic E-state index is 9.69. The first-order chi connectivity index (χ1) is 12.2. The Labute approximate surface area is 185 Å². The molecule has 0 saturated heterocycles. The molecular weight excluding hydrogens is 493 g/mol. The third-order valence-corrected chi connectivity index (χ3v) is 26.6. The zero-order chi connectivity index (χ0) is 23.7. The molecule has 0 radical (unpaired) electrons. The van der Waals surface area contributed by atoms with Gasteiger partial charge in [0, 0.05) is 6.55 Å². The molecule has 0 bridgehead atoms. The lowest BCUT2D eigenvalue weighted by Crippen LogP contribution is -2.61. The SMILES string of the molecule is C[Si](C)(C)O[Si](C)(C)O[Si](C)(C)O[Si](C)(C)O[Si](C)(C)O[Si](C)(C)O[Si](C)(O)O. The van der Waals surface area contributed by atoms with E-state index >= 15 is 0 Å². The second-order valence-electron chi connectivity index (χ2n) is 10.7. The van der Waals surface area contributed by atoms with Gasteiger partial charge in [-0.05, 0) is 85.1 Å². The van der Waals surface area contributed by atoms with Crippen LogP contribution < -0.4 is 0 Å². The molecule has 29 heavy (non-hydrogen) atoms. The Morgan fingerprint density at radius 3 is 0.759 bits per heavy atom. The van der Waals surface area contributed by atoms with E-state index in [0.717, 1.165) is 0 Å². The van der Waals surface area contributed by atoms with Crippen LogP contribution in [0.2, 0.25) is 91.7 Å². The Morgan fingerprint density at radius 1 is 0.345 bits per heavy atom. The van der Waals surface area contributed by atoms with Crippen LogP contribution in [0.15, 0.2) is 0 Å². The highest BCUT2D eigenvalue weighted by atomic mass is 28.5. The Morgan fingerprint density at radius 2 is 0.552 bits per heavy atom. The summed E-state index contributed by atoms with van der Waals surface area (Å²) in [4.78, 5) is 19.4. The molecule has 8 nitrogen and oxygen atoms in total. The summed E-state index contributed by atoms with van der Waals surface area (Å²) in [6.07, 6.45) is 0. The van der Waals surface area contributed by atoms with Crippen LogP contribution in [0.25, 0.3) is 0 Å². The molecule has 0 aromatic carbocycles. The van der Waals surface area contributed by atoms with Gasteiger partial charge in [0.25, 0.3) is 0 Å². The van der Waals surface area contributed by atoms with Gasteiger partial charge in [-0.1, -0.05) is 0 Å². The van der Waals surface area contributed by atoms with E-state index in [4.69, 9.17) is 24.7 Å². The normalized spacial score (nSPS) is 15.7. The summed E-state index contributed by atoms with van der Waals surface area (Å²) >= 11 is 0. The van der Waals surface area contributed by atoms with E-state index in [2.05, 4.69) is 32.7 Å². The minimum absolute atomic E-state index is 1.31. The first-order valence-corrected chi connectivity index (χ1v) is 29.7. The third kappa shape index (κ3) is 15.6. The van der Waals surface area contributed by atoms with Crippen molar-refractivity contribution in [3.05, 3.63) is 0 Å². The van der Waals surface area contributed by atoms with E-state index in [1.165, 1.54) is 6.55 Å². The molecule has 0 rings (SSSR count). The predicted octanol–water partition coefficient (Wildman–Crippen LogP) is 3.98. The van der Waals surface area contributed by atoms with Gasteiger partial charge in [-0.15, -0.1) is 0 Å². The van der Waals surface area contributed by atoms with Crippen molar-refractivity contribution in [1.29, 1.82) is 0 Å². The molecule has 0 aromatic rings. The van der Waals surface area contributed by atoms with Crippen LogP contribution in [-0.2, 0) is 24.7 Å². The molecule has 0 aliphatic carbocycles. The van der Waals surface area contributed by atoms with Crippen molar-refractivity contribution in [1.82, 2.24) is 0 Å². The zero-order valence-electron chi connectivity index (χ0n) is 20.8. The van der Waals surface area contributed by atoms with E-state index in [1.54, 1.807) is 13.1 Å². The largest absolute Gasteiger partial charge is 0.483 e. The van der Waals surface area contributed by atoms with Crippen molar-refractivity contribution < 1.29 is 34.3 Å². The predicted molar refractivity (Wildman–Crippen MR) is 133 cm³/mol. The molecule has 0 heterocycles. The quantitative estimate of drug-likeness (QED) is 0.362. The lowest BCUT2D eigenvalue weighted by Gasteiger charge is -2.43. The van der Waals surface area contributed by atoms with E-state index in [9.17, 15) is 9.59 Å². The van der Waals surface area contributed by atoms with Crippen LogP contribution in [0.3, 0.4) is 0 Å². The summed E-state index contributed by atoms with van der Waals surface area (Å²) in [5.74, 6) is 0. The Hall–Kier alpha value is 1.20. The summed E-state index contributed by atoms with van der Waals surface area (Å²) in [6, 6.07) is 0. The van der Waals surface area contributed by atoms with Crippen LogP contribution in [0.5, 0.6) is 0 Å². The second-order valence-corrected chi connectivity index (χ2v) is 35.6. The minimum atomic E-state index is -3.67. The Bertz CT molecular complexity index is 495. The molecule has 0 fully saturated rings. The fourth-order valence-corrected chi connectivity index (χ4v) is 34.9. The van der Waals surface area contributed by atoms with Crippen molar-refractivity contribution in [3.8, 4) is 0 Å². The Balaban J connectivity index is 5.15. The number of hydrogen-bond donors (Lipinski definition) is 2. The lowest BCUT2D eigenvalue weighted by molar-refractivity contribution is 0.212. The van der Waals surface area contributed by atoms with E-state index in [0.29, 0.717) is 0 Å². The van der Waals surface area contributed by atoms with Gasteiger partial charge in [-0.2, -0.15) is 0 Å². The van der Waals surface area contributed by atoms with Crippen LogP contribution >= 0.6 is 0 Å². The topological polar surface area (TPSA) is 95.8 Å². The second kappa shape index (κ2) is 9.59.